The zero-order valence-corrected chi connectivity index (χ0v) is 11.8. The van der Waals surface area contributed by atoms with Crippen LogP contribution in [0.15, 0.2) is 15.4 Å². The van der Waals surface area contributed by atoms with E-state index < -0.39 is 5.92 Å². The molecule has 6 nitrogen and oxygen atoms in total. The van der Waals surface area contributed by atoms with Crippen LogP contribution in [0.1, 0.15) is 32.6 Å². The molecule has 0 saturated carbocycles. The number of aromatic nitrogens is 3. The summed E-state index contributed by atoms with van der Waals surface area (Å²) in [5.41, 5.74) is 2.34. The number of rotatable bonds is 5. The number of ether oxygens (including phenoxy) is 1. The minimum absolute atomic E-state index is 0.0165. The normalized spacial score (nSPS) is 12.6. The molecule has 0 N–H and O–H groups in total. The number of thiazole rings is 1. The maximum atomic E-state index is 11.9. The Morgan fingerprint density at radius 3 is 2.89 bits per heavy atom. The molecule has 0 aliphatic carbocycles. The number of esters is 1. The van der Waals surface area contributed by atoms with Crippen LogP contribution in [0.4, 0.5) is 0 Å². The summed E-state index contributed by atoms with van der Waals surface area (Å²) in [5.74, 6) is -0.198. The van der Waals surface area contributed by atoms with Gasteiger partial charge in [-0.25, -0.2) is 4.98 Å². The van der Waals surface area contributed by atoms with Crippen molar-refractivity contribution in [2.45, 2.75) is 26.7 Å². The van der Waals surface area contributed by atoms with E-state index in [-0.39, 0.29) is 17.8 Å². The third kappa shape index (κ3) is 2.98. The van der Waals surface area contributed by atoms with Gasteiger partial charge in [0.05, 0.1) is 12.1 Å². The average molecular weight is 281 g/mol. The fraction of sp³-hybridized carbons (Fsp3) is 0.500. The van der Waals surface area contributed by atoms with Crippen molar-refractivity contribution in [2.75, 3.05) is 6.61 Å². The number of carbonyl (C=O) groups excluding carboxylic acids is 1. The first-order valence-corrected chi connectivity index (χ1v) is 6.96. The van der Waals surface area contributed by atoms with E-state index >= 15 is 0 Å². The van der Waals surface area contributed by atoms with Crippen LogP contribution >= 0.6 is 11.3 Å². The molecule has 2 heterocycles. The first kappa shape index (κ1) is 13.7. The van der Waals surface area contributed by atoms with Gasteiger partial charge in [0.1, 0.15) is 11.6 Å². The summed E-state index contributed by atoms with van der Waals surface area (Å²) in [6, 6.07) is 0. The van der Waals surface area contributed by atoms with Crippen LogP contribution in [0.3, 0.4) is 0 Å². The van der Waals surface area contributed by atoms with Crippen molar-refractivity contribution < 1.29 is 14.1 Å². The van der Waals surface area contributed by atoms with Crippen molar-refractivity contribution in [2.24, 2.45) is 5.92 Å². The molecular weight excluding hydrogens is 266 g/mol. The second-order valence-electron chi connectivity index (χ2n) is 4.30. The Hall–Kier alpha value is -1.76. The molecule has 2 aromatic heterocycles. The number of hydrogen-bond acceptors (Lipinski definition) is 7. The largest absolute Gasteiger partial charge is 0.465 e. The first-order chi connectivity index (χ1) is 9.13. The van der Waals surface area contributed by atoms with Crippen LogP contribution in [-0.2, 0) is 9.53 Å². The highest BCUT2D eigenvalue weighted by Crippen LogP contribution is 2.26. The standard InChI is InChI=1S/C12H15N3O3S/c1-4-17-12(16)9(7(2)3)11-14-10(15-18-11)8-5-19-6-13-8/h5-7,9H,4H2,1-3H3. The van der Waals surface area contributed by atoms with E-state index in [2.05, 4.69) is 15.1 Å². The summed E-state index contributed by atoms with van der Waals surface area (Å²) < 4.78 is 10.2. The molecule has 1 atom stereocenters. The summed E-state index contributed by atoms with van der Waals surface area (Å²) in [6.45, 7) is 5.92. The minimum atomic E-state index is -0.542. The van der Waals surface area contributed by atoms with Gasteiger partial charge in [0.2, 0.25) is 11.7 Å². The van der Waals surface area contributed by atoms with E-state index in [1.165, 1.54) is 11.3 Å². The topological polar surface area (TPSA) is 78.1 Å². The summed E-state index contributed by atoms with van der Waals surface area (Å²) in [6.07, 6.45) is 0. The van der Waals surface area contributed by atoms with Crippen LogP contribution in [0.2, 0.25) is 0 Å². The molecule has 2 aromatic rings. The van der Waals surface area contributed by atoms with Gasteiger partial charge in [0.15, 0.2) is 0 Å². The van der Waals surface area contributed by atoms with E-state index in [1.54, 1.807) is 12.4 Å². The van der Waals surface area contributed by atoms with Crippen molar-refractivity contribution in [1.29, 1.82) is 0 Å². The lowest BCUT2D eigenvalue weighted by Crippen LogP contribution is -2.21. The quantitative estimate of drug-likeness (QED) is 0.783. The molecule has 2 rings (SSSR count). The van der Waals surface area contributed by atoms with Gasteiger partial charge >= 0.3 is 5.97 Å². The second kappa shape index (κ2) is 5.92. The average Bonchev–Trinajstić information content (AvgIpc) is 2.98. The Kier molecular flexibility index (Phi) is 4.26. The van der Waals surface area contributed by atoms with Gasteiger partial charge in [0, 0.05) is 5.38 Å². The predicted octanol–water partition coefficient (Wildman–Crippen LogP) is 2.50. The van der Waals surface area contributed by atoms with Gasteiger partial charge in [0.25, 0.3) is 0 Å². The lowest BCUT2D eigenvalue weighted by Gasteiger charge is -2.14. The Bertz CT molecular complexity index is 536. The van der Waals surface area contributed by atoms with E-state index in [0.29, 0.717) is 18.1 Å². The maximum absolute atomic E-state index is 11.9. The highest BCUT2D eigenvalue weighted by molar-refractivity contribution is 7.07. The van der Waals surface area contributed by atoms with Crippen molar-refractivity contribution in [1.82, 2.24) is 15.1 Å². The van der Waals surface area contributed by atoms with Crippen molar-refractivity contribution in [3.63, 3.8) is 0 Å². The molecular formula is C12H15N3O3S. The lowest BCUT2D eigenvalue weighted by molar-refractivity contribution is -0.146. The Balaban J connectivity index is 2.26. The number of carbonyl (C=O) groups is 1. The zero-order valence-electron chi connectivity index (χ0n) is 11.0. The molecule has 0 aliphatic rings. The second-order valence-corrected chi connectivity index (χ2v) is 5.02. The summed E-state index contributed by atoms with van der Waals surface area (Å²) in [4.78, 5) is 20.3. The van der Waals surface area contributed by atoms with Crippen LogP contribution in [0, 0.1) is 5.92 Å². The van der Waals surface area contributed by atoms with Gasteiger partial charge in [-0.3, -0.25) is 4.79 Å². The SMILES string of the molecule is CCOC(=O)C(c1nc(-c2cscn2)no1)C(C)C. The van der Waals surface area contributed by atoms with Gasteiger partial charge in [-0.1, -0.05) is 19.0 Å². The third-order valence-corrected chi connectivity index (χ3v) is 3.16. The molecule has 7 heteroatoms. The fourth-order valence-corrected chi connectivity index (χ4v) is 2.21. The molecule has 0 aromatic carbocycles. The molecule has 0 bridgehead atoms. The lowest BCUT2D eigenvalue weighted by atomic mass is 9.96. The summed E-state index contributed by atoms with van der Waals surface area (Å²) >= 11 is 1.45. The Morgan fingerprint density at radius 1 is 1.53 bits per heavy atom. The molecule has 0 amide bonds. The minimum Gasteiger partial charge on any atom is -0.465 e. The first-order valence-electron chi connectivity index (χ1n) is 6.02. The van der Waals surface area contributed by atoms with E-state index in [9.17, 15) is 4.79 Å². The Morgan fingerprint density at radius 2 is 2.32 bits per heavy atom. The molecule has 0 spiro atoms. The summed E-state index contributed by atoms with van der Waals surface area (Å²) in [5, 5.41) is 5.68. The van der Waals surface area contributed by atoms with E-state index in [1.807, 2.05) is 19.2 Å². The van der Waals surface area contributed by atoms with E-state index in [0.717, 1.165) is 0 Å². The molecule has 1 unspecified atom stereocenters. The van der Waals surface area contributed by atoms with E-state index in [4.69, 9.17) is 9.26 Å². The van der Waals surface area contributed by atoms with Crippen LogP contribution in [-0.4, -0.2) is 27.7 Å². The van der Waals surface area contributed by atoms with Crippen LogP contribution < -0.4 is 0 Å². The van der Waals surface area contributed by atoms with Gasteiger partial charge in [-0.05, 0) is 12.8 Å². The van der Waals surface area contributed by atoms with Crippen LogP contribution in [0.25, 0.3) is 11.5 Å². The highest BCUT2D eigenvalue weighted by atomic mass is 32.1. The smallest absolute Gasteiger partial charge is 0.318 e. The monoisotopic (exact) mass is 281 g/mol. The summed E-state index contributed by atoms with van der Waals surface area (Å²) in [7, 11) is 0. The van der Waals surface area contributed by atoms with Gasteiger partial charge < -0.3 is 9.26 Å². The third-order valence-electron chi connectivity index (χ3n) is 2.58. The van der Waals surface area contributed by atoms with Crippen LogP contribution in [0.5, 0.6) is 0 Å². The molecule has 19 heavy (non-hydrogen) atoms. The highest BCUT2D eigenvalue weighted by Gasteiger charge is 2.31. The molecule has 102 valence electrons. The van der Waals surface area contributed by atoms with Gasteiger partial charge in [-0.15, -0.1) is 11.3 Å². The molecule has 0 fully saturated rings. The Labute approximate surface area is 114 Å². The molecule has 0 saturated heterocycles. The van der Waals surface area contributed by atoms with Crippen molar-refractivity contribution in [3.8, 4) is 11.5 Å². The van der Waals surface area contributed by atoms with Gasteiger partial charge in [-0.2, -0.15) is 4.98 Å². The predicted molar refractivity (Wildman–Crippen MR) is 69.6 cm³/mol. The van der Waals surface area contributed by atoms with Crippen molar-refractivity contribution in [3.05, 3.63) is 16.8 Å². The zero-order chi connectivity index (χ0) is 13.8. The molecule has 0 radical (unpaired) electrons. The van der Waals surface area contributed by atoms with Crippen molar-refractivity contribution >= 4 is 17.3 Å². The number of hydrogen-bond donors (Lipinski definition) is 0. The maximum Gasteiger partial charge on any atom is 0.318 e. The number of nitrogens with zero attached hydrogens (tertiary/aromatic N) is 3. The fourth-order valence-electron chi connectivity index (χ4n) is 1.68. The molecule has 0 aliphatic heterocycles.